The van der Waals surface area contributed by atoms with E-state index in [4.69, 9.17) is 4.74 Å². The normalized spacial score (nSPS) is 30.4. The summed E-state index contributed by atoms with van der Waals surface area (Å²) in [4.78, 5) is 32.0. The van der Waals surface area contributed by atoms with Gasteiger partial charge < -0.3 is 14.5 Å². The van der Waals surface area contributed by atoms with E-state index >= 15 is 0 Å². The molecule has 2 saturated carbocycles. The molecule has 0 radical (unpaired) electrons. The molecule has 0 aromatic carbocycles. The summed E-state index contributed by atoms with van der Waals surface area (Å²) in [7, 11) is 5.79. The molecule has 5 rings (SSSR count). The molecule has 170 valence electrons. The Balaban J connectivity index is 1.30. The molecule has 1 aromatic heterocycles. The van der Waals surface area contributed by atoms with Gasteiger partial charge in [-0.2, -0.15) is 5.10 Å². The van der Waals surface area contributed by atoms with Gasteiger partial charge in [-0.25, -0.2) is 0 Å². The fourth-order valence-corrected chi connectivity index (χ4v) is 5.57. The second-order valence-electron chi connectivity index (χ2n) is 10.1. The maximum atomic E-state index is 12.9. The van der Waals surface area contributed by atoms with Crippen LogP contribution in [0.15, 0.2) is 12.3 Å². The highest BCUT2D eigenvalue weighted by Gasteiger charge is 2.52. The molecule has 2 amide bonds. The summed E-state index contributed by atoms with van der Waals surface area (Å²) in [6, 6.07) is 3.14. The van der Waals surface area contributed by atoms with Crippen molar-refractivity contribution in [3.05, 3.63) is 18.0 Å². The zero-order valence-corrected chi connectivity index (χ0v) is 18.9. The summed E-state index contributed by atoms with van der Waals surface area (Å²) in [5.74, 6) is 0.847. The molecule has 0 spiro atoms. The van der Waals surface area contributed by atoms with Crippen molar-refractivity contribution >= 4 is 11.8 Å². The van der Waals surface area contributed by atoms with Crippen molar-refractivity contribution < 1.29 is 14.3 Å². The molecule has 2 aliphatic carbocycles. The van der Waals surface area contributed by atoms with E-state index in [0.29, 0.717) is 31.5 Å². The second-order valence-corrected chi connectivity index (χ2v) is 10.1. The van der Waals surface area contributed by atoms with E-state index in [-0.39, 0.29) is 35.8 Å². The van der Waals surface area contributed by atoms with E-state index in [1.165, 1.54) is 0 Å². The summed E-state index contributed by atoms with van der Waals surface area (Å²) in [6.45, 7) is 2.26. The number of nitrogens with zero attached hydrogens (tertiary/aromatic N) is 5. The topological polar surface area (TPSA) is 70.9 Å². The molecule has 1 aromatic rings. The van der Waals surface area contributed by atoms with Crippen LogP contribution in [0.25, 0.3) is 0 Å². The highest BCUT2D eigenvalue weighted by atomic mass is 16.5. The molecule has 8 heteroatoms. The Morgan fingerprint density at radius 3 is 2.32 bits per heavy atom. The SMILES string of the molecule is CN(C(=O)C[C@@H]1CN(Cc2ccn(C)n2)[C@@H]2CO[C@@H](CC(=O)N(C)C3CC3)[C@H]12)C1CC1. The van der Waals surface area contributed by atoms with Crippen LogP contribution < -0.4 is 0 Å². The molecule has 0 unspecified atom stereocenters. The number of amides is 2. The van der Waals surface area contributed by atoms with E-state index in [2.05, 4.69) is 16.1 Å². The summed E-state index contributed by atoms with van der Waals surface area (Å²) < 4.78 is 8.03. The summed E-state index contributed by atoms with van der Waals surface area (Å²) in [6.07, 6.45) is 7.31. The molecule has 0 bridgehead atoms. The van der Waals surface area contributed by atoms with Crippen LogP contribution in [0, 0.1) is 11.8 Å². The highest BCUT2D eigenvalue weighted by molar-refractivity contribution is 5.78. The second kappa shape index (κ2) is 8.20. The van der Waals surface area contributed by atoms with Crippen molar-refractivity contribution in [2.24, 2.45) is 18.9 Å². The number of ether oxygens (including phenoxy) is 1. The minimum atomic E-state index is -0.100. The quantitative estimate of drug-likeness (QED) is 0.622. The highest BCUT2D eigenvalue weighted by Crippen LogP contribution is 2.43. The summed E-state index contributed by atoms with van der Waals surface area (Å²) >= 11 is 0. The van der Waals surface area contributed by atoms with Crippen LogP contribution in [0.1, 0.15) is 44.2 Å². The molecule has 3 heterocycles. The van der Waals surface area contributed by atoms with Crippen molar-refractivity contribution in [2.45, 2.75) is 69.3 Å². The molecular weight excluding hydrogens is 394 g/mol. The van der Waals surface area contributed by atoms with Gasteiger partial charge in [-0.15, -0.1) is 0 Å². The fraction of sp³-hybridized carbons (Fsp3) is 0.783. The monoisotopic (exact) mass is 429 g/mol. The number of hydrogen-bond acceptors (Lipinski definition) is 5. The number of aryl methyl sites for hydroxylation is 1. The van der Waals surface area contributed by atoms with Crippen molar-refractivity contribution in [3.63, 3.8) is 0 Å². The van der Waals surface area contributed by atoms with Gasteiger partial charge in [-0.05, 0) is 37.7 Å². The van der Waals surface area contributed by atoms with Gasteiger partial charge in [0.25, 0.3) is 0 Å². The van der Waals surface area contributed by atoms with Crippen molar-refractivity contribution in [2.75, 3.05) is 27.2 Å². The van der Waals surface area contributed by atoms with E-state index in [9.17, 15) is 9.59 Å². The van der Waals surface area contributed by atoms with Crippen molar-refractivity contribution in [3.8, 4) is 0 Å². The number of rotatable bonds is 8. The minimum absolute atomic E-state index is 0.100. The van der Waals surface area contributed by atoms with Gasteiger partial charge in [0.2, 0.25) is 11.8 Å². The Morgan fingerprint density at radius 1 is 1.10 bits per heavy atom. The fourth-order valence-electron chi connectivity index (χ4n) is 5.57. The van der Waals surface area contributed by atoms with Crippen LogP contribution in [0.3, 0.4) is 0 Å². The van der Waals surface area contributed by atoms with E-state index in [1.54, 1.807) is 0 Å². The maximum absolute atomic E-state index is 12.9. The van der Waals surface area contributed by atoms with Crippen LogP contribution in [-0.2, 0) is 27.9 Å². The smallest absolute Gasteiger partial charge is 0.225 e. The van der Waals surface area contributed by atoms with E-state index < -0.39 is 0 Å². The molecule has 2 aliphatic heterocycles. The third-order valence-electron chi connectivity index (χ3n) is 7.76. The standard InChI is InChI=1S/C23H35N5O3/c1-25-9-8-16(24-25)13-28-12-15(10-21(29)26(2)17-4-5-17)23-19(28)14-31-20(23)11-22(30)27(3)18-6-7-18/h8-9,15,17-20,23H,4-7,10-14H2,1-3H3/t15-,19-,20+,23-/m1/s1. The molecule has 2 saturated heterocycles. The Labute approximate surface area is 184 Å². The number of hydrogen-bond donors (Lipinski definition) is 0. The lowest BCUT2D eigenvalue weighted by atomic mass is 9.84. The largest absolute Gasteiger partial charge is 0.376 e. The predicted octanol–water partition coefficient (Wildman–Crippen LogP) is 1.26. The van der Waals surface area contributed by atoms with E-state index in [1.807, 2.05) is 41.8 Å². The number of likely N-dealkylation sites (tertiary alicyclic amines) is 1. The van der Waals surface area contributed by atoms with Gasteiger partial charge in [-0.1, -0.05) is 0 Å². The van der Waals surface area contributed by atoms with Gasteiger partial charge in [0.15, 0.2) is 0 Å². The first-order valence-electron chi connectivity index (χ1n) is 11.8. The number of aromatic nitrogens is 2. The predicted molar refractivity (Wildman–Crippen MR) is 115 cm³/mol. The first-order chi connectivity index (χ1) is 14.9. The third-order valence-corrected chi connectivity index (χ3v) is 7.76. The van der Waals surface area contributed by atoms with Crippen LogP contribution in [0.2, 0.25) is 0 Å². The van der Waals surface area contributed by atoms with Crippen LogP contribution in [-0.4, -0.2) is 87.8 Å². The number of carbonyl (C=O) groups excluding carboxylic acids is 2. The summed E-state index contributed by atoms with van der Waals surface area (Å²) in [5, 5.41) is 4.55. The average molecular weight is 430 g/mol. The van der Waals surface area contributed by atoms with Crippen LogP contribution in [0.4, 0.5) is 0 Å². The lowest BCUT2D eigenvalue weighted by molar-refractivity contribution is -0.133. The first-order valence-corrected chi connectivity index (χ1v) is 11.8. The molecular formula is C23H35N5O3. The van der Waals surface area contributed by atoms with Gasteiger partial charge >= 0.3 is 0 Å². The van der Waals surface area contributed by atoms with Gasteiger partial charge in [0.05, 0.1) is 24.8 Å². The molecule has 8 nitrogen and oxygen atoms in total. The lowest BCUT2D eigenvalue weighted by Gasteiger charge is -2.26. The van der Waals surface area contributed by atoms with Crippen molar-refractivity contribution in [1.82, 2.24) is 24.5 Å². The Bertz CT molecular complexity index is 833. The third kappa shape index (κ3) is 4.37. The van der Waals surface area contributed by atoms with Crippen LogP contribution >= 0.6 is 0 Å². The molecule has 4 atom stereocenters. The number of carbonyl (C=O) groups is 2. The Morgan fingerprint density at radius 2 is 1.74 bits per heavy atom. The zero-order valence-electron chi connectivity index (χ0n) is 18.9. The maximum Gasteiger partial charge on any atom is 0.225 e. The number of fused-ring (bicyclic) bond motifs is 1. The Hall–Kier alpha value is -1.93. The van der Waals surface area contributed by atoms with E-state index in [0.717, 1.165) is 44.5 Å². The zero-order chi connectivity index (χ0) is 21.7. The van der Waals surface area contributed by atoms with Crippen molar-refractivity contribution in [1.29, 1.82) is 0 Å². The molecule has 4 fully saturated rings. The molecule has 4 aliphatic rings. The van der Waals surface area contributed by atoms with Gasteiger partial charge in [-0.3, -0.25) is 19.2 Å². The molecule has 0 N–H and O–H groups in total. The Kier molecular flexibility index (Phi) is 5.54. The molecule has 31 heavy (non-hydrogen) atoms. The average Bonchev–Trinajstić information content (AvgIpc) is 3.66. The lowest BCUT2D eigenvalue weighted by Crippen LogP contribution is -2.37. The first kappa shape index (κ1) is 20.9. The summed E-state index contributed by atoms with van der Waals surface area (Å²) in [5.41, 5.74) is 1.04. The van der Waals surface area contributed by atoms with Gasteiger partial charge in [0.1, 0.15) is 0 Å². The van der Waals surface area contributed by atoms with Gasteiger partial charge in [0, 0.05) is 70.9 Å². The minimum Gasteiger partial charge on any atom is -0.376 e. The van der Waals surface area contributed by atoms with Crippen LogP contribution in [0.5, 0.6) is 0 Å².